The van der Waals surface area contributed by atoms with Gasteiger partial charge in [-0.3, -0.25) is 9.59 Å². The molecule has 0 saturated carbocycles. The van der Waals surface area contributed by atoms with Crippen molar-refractivity contribution in [1.82, 2.24) is 20.5 Å². The molecule has 26 heavy (non-hydrogen) atoms. The van der Waals surface area contributed by atoms with Crippen LogP contribution in [-0.2, 0) is 11.3 Å². The molecule has 0 unspecified atom stereocenters. The summed E-state index contributed by atoms with van der Waals surface area (Å²) < 4.78 is 0. The lowest BCUT2D eigenvalue weighted by Crippen LogP contribution is -2.26. The number of fused-ring (bicyclic) bond motifs is 2. The van der Waals surface area contributed by atoms with Crippen LogP contribution in [0, 0.1) is 0 Å². The first-order chi connectivity index (χ1) is 12.7. The van der Waals surface area contributed by atoms with Gasteiger partial charge in [-0.1, -0.05) is 30.3 Å². The fraction of sp³-hybridized carbons (Fsp3) is 0.111. The van der Waals surface area contributed by atoms with Gasteiger partial charge in [-0.05, 0) is 30.0 Å². The quantitative estimate of drug-likeness (QED) is 0.467. The van der Waals surface area contributed by atoms with Gasteiger partial charge in [-0.25, -0.2) is 15.1 Å². The van der Waals surface area contributed by atoms with E-state index in [0.29, 0.717) is 11.1 Å². The van der Waals surface area contributed by atoms with E-state index < -0.39 is 0 Å². The standard InChI is InChI=1S/C18H15N5O2S/c24-16(10-26-18-20-13-7-3-4-8-14(13)21-18)19-9-15-11-5-1-2-6-12(11)17(25)23-22-15/h1-8H,9-10H2,(H,19,24)(H,20,21)(H,23,25)/p+1. The number of hydrogen-bond donors (Lipinski definition) is 3. The topological polar surface area (TPSA) is 105 Å². The normalized spacial score (nSPS) is 11.1. The molecule has 0 aliphatic heterocycles. The van der Waals surface area contributed by atoms with E-state index in [2.05, 4.69) is 25.5 Å². The minimum atomic E-state index is -0.236. The van der Waals surface area contributed by atoms with Crippen LogP contribution in [0.2, 0.25) is 0 Å². The van der Waals surface area contributed by atoms with E-state index in [9.17, 15) is 9.59 Å². The lowest BCUT2D eigenvalue weighted by molar-refractivity contribution is -0.396. The Hall–Kier alpha value is -3.13. The molecule has 0 aliphatic carbocycles. The lowest BCUT2D eigenvalue weighted by atomic mass is 10.1. The number of nitrogens with zero attached hydrogens (tertiary/aromatic N) is 1. The Kier molecular flexibility index (Phi) is 4.40. The summed E-state index contributed by atoms with van der Waals surface area (Å²) in [5.74, 6) is 0.157. The van der Waals surface area contributed by atoms with Gasteiger partial charge < -0.3 is 5.32 Å². The van der Waals surface area contributed by atoms with E-state index in [1.54, 1.807) is 12.1 Å². The number of nitrogens with one attached hydrogen (secondary N) is 4. The van der Waals surface area contributed by atoms with Crippen molar-refractivity contribution in [2.24, 2.45) is 0 Å². The average molecular weight is 366 g/mol. The van der Waals surface area contributed by atoms with Crippen molar-refractivity contribution in [2.75, 3.05) is 5.75 Å². The molecule has 0 atom stereocenters. The van der Waals surface area contributed by atoms with Crippen LogP contribution in [-0.4, -0.2) is 26.8 Å². The minimum absolute atomic E-state index is 0.112. The molecular weight excluding hydrogens is 350 g/mol. The van der Waals surface area contributed by atoms with E-state index in [4.69, 9.17) is 0 Å². The third kappa shape index (κ3) is 3.31. The van der Waals surface area contributed by atoms with Crippen LogP contribution < -0.4 is 15.9 Å². The zero-order valence-corrected chi connectivity index (χ0v) is 14.5. The Bertz CT molecular complexity index is 1120. The van der Waals surface area contributed by atoms with Crippen molar-refractivity contribution in [3.05, 3.63) is 64.6 Å². The number of thioether (sulfide) groups is 1. The van der Waals surface area contributed by atoms with Gasteiger partial charge in [-0.15, -0.1) is 0 Å². The summed E-state index contributed by atoms with van der Waals surface area (Å²) in [6.07, 6.45) is 0. The Balaban J connectivity index is 1.40. The van der Waals surface area contributed by atoms with Gasteiger partial charge in [0.15, 0.2) is 11.0 Å². The number of imidazole rings is 1. The number of rotatable bonds is 5. The molecule has 0 saturated heterocycles. The van der Waals surface area contributed by atoms with Crippen LogP contribution in [0.1, 0.15) is 5.69 Å². The molecule has 7 nitrogen and oxygen atoms in total. The molecule has 4 N–H and O–H groups in total. The smallest absolute Gasteiger partial charge is 0.315 e. The molecule has 4 aromatic rings. The summed E-state index contributed by atoms with van der Waals surface area (Å²) >= 11 is 1.39. The highest BCUT2D eigenvalue weighted by atomic mass is 32.2. The minimum Gasteiger partial charge on any atom is -0.350 e. The second kappa shape index (κ2) is 7.01. The van der Waals surface area contributed by atoms with Gasteiger partial charge >= 0.3 is 5.16 Å². The molecule has 0 aliphatic rings. The van der Waals surface area contributed by atoms with Gasteiger partial charge in [0.1, 0.15) is 0 Å². The first kappa shape index (κ1) is 16.3. The second-order valence-corrected chi connectivity index (χ2v) is 6.72. The highest BCUT2D eigenvalue weighted by molar-refractivity contribution is 7.99. The highest BCUT2D eigenvalue weighted by Crippen LogP contribution is 2.15. The molecule has 4 rings (SSSR count). The van der Waals surface area contributed by atoms with E-state index in [0.717, 1.165) is 21.6 Å². The number of benzene rings is 2. The number of amides is 1. The monoisotopic (exact) mass is 366 g/mol. The molecule has 0 spiro atoms. The SMILES string of the molecule is O=C(CSc1[nH]c2ccccc2[nH+]1)NCc1n[nH]c(=O)c2ccccc12. The van der Waals surface area contributed by atoms with Gasteiger partial charge in [-0.2, -0.15) is 5.10 Å². The molecule has 1 amide bonds. The maximum absolute atomic E-state index is 12.1. The second-order valence-electron chi connectivity index (χ2n) is 5.74. The summed E-state index contributed by atoms with van der Waals surface area (Å²) in [4.78, 5) is 30.4. The zero-order chi connectivity index (χ0) is 17.9. The highest BCUT2D eigenvalue weighted by Gasteiger charge is 2.13. The summed E-state index contributed by atoms with van der Waals surface area (Å²) in [6, 6.07) is 15.1. The predicted octanol–water partition coefficient (Wildman–Crippen LogP) is 1.63. The molecular formula is C18H16N5O2S+. The van der Waals surface area contributed by atoms with Crippen LogP contribution in [0.5, 0.6) is 0 Å². The third-order valence-electron chi connectivity index (χ3n) is 4.00. The molecule has 2 aromatic carbocycles. The van der Waals surface area contributed by atoms with E-state index in [-0.39, 0.29) is 23.8 Å². The van der Waals surface area contributed by atoms with Crippen molar-refractivity contribution in [3.63, 3.8) is 0 Å². The van der Waals surface area contributed by atoms with Crippen LogP contribution in [0.3, 0.4) is 0 Å². The first-order valence-electron chi connectivity index (χ1n) is 8.06. The van der Waals surface area contributed by atoms with Gasteiger partial charge in [0.2, 0.25) is 5.91 Å². The number of carbonyl (C=O) groups excluding carboxylic acids is 1. The molecule has 130 valence electrons. The van der Waals surface area contributed by atoms with Gasteiger partial charge in [0, 0.05) is 5.39 Å². The molecule has 8 heteroatoms. The maximum Gasteiger partial charge on any atom is 0.315 e. The molecule has 2 heterocycles. The number of aromatic amines is 3. The van der Waals surface area contributed by atoms with Crippen LogP contribution in [0.25, 0.3) is 21.8 Å². The van der Waals surface area contributed by atoms with Gasteiger partial charge in [0.25, 0.3) is 5.56 Å². The largest absolute Gasteiger partial charge is 0.350 e. The van der Waals surface area contributed by atoms with E-state index >= 15 is 0 Å². The first-order valence-corrected chi connectivity index (χ1v) is 9.05. The molecule has 0 fully saturated rings. The van der Waals surface area contributed by atoms with Crippen LogP contribution in [0.15, 0.2) is 58.5 Å². The fourth-order valence-corrected chi connectivity index (χ4v) is 3.47. The van der Waals surface area contributed by atoms with Crippen molar-refractivity contribution in [3.8, 4) is 0 Å². The van der Waals surface area contributed by atoms with Gasteiger partial charge in [0.05, 0.1) is 23.4 Å². The maximum atomic E-state index is 12.1. The Labute approximate surface area is 152 Å². The molecule has 0 bridgehead atoms. The lowest BCUT2D eigenvalue weighted by Gasteiger charge is -2.06. The van der Waals surface area contributed by atoms with Crippen LogP contribution >= 0.6 is 11.8 Å². The van der Waals surface area contributed by atoms with E-state index in [1.807, 2.05) is 36.4 Å². The van der Waals surface area contributed by atoms with Crippen molar-refractivity contribution in [1.29, 1.82) is 0 Å². The van der Waals surface area contributed by atoms with Crippen molar-refractivity contribution < 1.29 is 9.78 Å². The summed E-state index contributed by atoms with van der Waals surface area (Å²) in [6.45, 7) is 0.257. The number of para-hydroxylation sites is 2. The third-order valence-corrected chi connectivity index (χ3v) is 4.90. The van der Waals surface area contributed by atoms with Crippen LogP contribution in [0.4, 0.5) is 0 Å². The Morgan fingerprint density at radius 3 is 2.73 bits per heavy atom. The van der Waals surface area contributed by atoms with E-state index in [1.165, 1.54) is 11.8 Å². The number of carbonyl (C=O) groups is 1. The molecule has 0 radical (unpaired) electrons. The number of hydrogen-bond acceptors (Lipinski definition) is 4. The Morgan fingerprint density at radius 1 is 1.12 bits per heavy atom. The summed E-state index contributed by atoms with van der Waals surface area (Å²) in [5.41, 5.74) is 2.40. The number of aromatic nitrogens is 4. The van der Waals surface area contributed by atoms with Crippen molar-refractivity contribution in [2.45, 2.75) is 11.7 Å². The molecule has 2 aromatic heterocycles. The van der Waals surface area contributed by atoms with Crippen molar-refractivity contribution >= 4 is 39.5 Å². The number of H-pyrrole nitrogens is 3. The average Bonchev–Trinajstić information content (AvgIpc) is 3.09. The zero-order valence-electron chi connectivity index (χ0n) is 13.7. The Morgan fingerprint density at radius 2 is 1.88 bits per heavy atom. The summed E-state index contributed by atoms with van der Waals surface area (Å²) in [7, 11) is 0. The fourth-order valence-electron chi connectivity index (χ4n) is 2.73. The summed E-state index contributed by atoms with van der Waals surface area (Å²) in [5, 5.41) is 11.5. The predicted molar refractivity (Wildman–Crippen MR) is 99.8 cm³/mol.